The van der Waals surface area contributed by atoms with Gasteiger partial charge in [-0.05, 0) is 32.1 Å². The van der Waals surface area contributed by atoms with Gasteiger partial charge in [0.15, 0.2) is 0 Å². The average molecular weight is 429 g/mol. The fourth-order valence-electron chi connectivity index (χ4n) is 4.28. The molecule has 3 nitrogen and oxygen atoms in total. The molecule has 4 heteroatoms. The maximum atomic E-state index is 11.9. The Morgan fingerprint density at radius 3 is 1.52 bits per heavy atom. The van der Waals surface area contributed by atoms with Crippen molar-refractivity contribution in [2.24, 2.45) is 0 Å². The van der Waals surface area contributed by atoms with Gasteiger partial charge in [0.05, 0.1) is 21.1 Å². The third-order valence-electron chi connectivity index (χ3n) is 6.49. The van der Waals surface area contributed by atoms with Crippen LogP contribution in [0, 0.1) is 0 Å². The summed E-state index contributed by atoms with van der Waals surface area (Å²) < 4.78 is 12.4. The van der Waals surface area contributed by atoms with Crippen LogP contribution >= 0.6 is 8.03 Å². The van der Waals surface area contributed by atoms with E-state index in [0.717, 1.165) is 19.3 Å². The highest BCUT2D eigenvalue weighted by Crippen LogP contribution is 2.44. The molecule has 0 heterocycles. The minimum atomic E-state index is -2.41. The smallest absolute Gasteiger partial charge is 0.376 e. The lowest BCUT2D eigenvalue weighted by Crippen LogP contribution is -2.55. The number of quaternary nitrogens is 1. The Balaban J connectivity index is 3.60. The summed E-state index contributed by atoms with van der Waals surface area (Å²) in [5.41, 5.74) is 0. The molecule has 0 radical (unpaired) electrons. The first-order valence-electron chi connectivity index (χ1n) is 12.4. The SMILES string of the molecule is CCCCCC/C=C\CCCCCCCCCCCC(CC)([P+](=O)[O-])[N+](C)(C)C. The van der Waals surface area contributed by atoms with E-state index in [9.17, 15) is 9.46 Å². The Labute approximate surface area is 183 Å². The highest BCUT2D eigenvalue weighted by atomic mass is 31.1. The Hall–Kier alpha value is -0.240. The topological polar surface area (TPSA) is 40.1 Å². The molecule has 29 heavy (non-hydrogen) atoms. The molecular weight excluding hydrogens is 377 g/mol. The van der Waals surface area contributed by atoms with Gasteiger partial charge in [0.1, 0.15) is 0 Å². The largest absolute Gasteiger partial charge is 0.590 e. The van der Waals surface area contributed by atoms with Crippen LogP contribution in [0.25, 0.3) is 0 Å². The van der Waals surface area contributed by atoms with E-state index in [2.05, 4.69) is 19.1 Å². The number of rotatable bonds is 20. The third-order valence-corrected chi connectivity index (χ3v) is 8.31. The van der Waals surface area contributed by atoms with E-state index in [0.29, 0.717) is 10.9 Å². The molecule has 0 spiro atoms. The zero-order valence-electron chi connectivity index (χ0n) is 20.4. The maximum absolute atomic E-state index is 11.9. The molecule has 0 amide bonds. The molecular formula is C25H51NO2P+. The summed E-state index contributed by atoms with van der Waals surface area (Å²) in [6, 6.07) is 0. The first kappa shape index (κ1) is 28.8. The van der Waals surface area contributed by atoms with E-state index in [1.807, 2.05) is 28.1 Å². The molecule has 0 saturated heterocycles. The van der Waals surface area contributed by atoms with Crippen molar-refractivity contribution in [1.82, 2.24) is 0 Å². The maximum Gasteiger partial charge on any atom is 0.376 e. The van der Waals surface area contributed by atoms with E-state index in [1.54, 1.807) is 0 Å². The Morgan fingerprint density at radius 2 is 1.14 bits per heavy atom. The highest BCUT2D eigenvalue weighted by Gasteiger charge is 2.52. The molecule has 2 unspecified atom stereocenters. The number of unbranched alkanes of at least 4 members (excludes halogenated alkanes) is 13. The van der Waals surface area contributed by atoms with E-state index >= 15 is 0 Å². The fraction of sp³-hybridized carbons (Fsp3) is 0.920. The van der Waals surface area contributed by atoms with Gasteiger partial charge in [-0.3, -0.25) is 4.48 Å². The quantitative estimate of drug-likeness (QED) is 0.0861. The minimum Gasteiger partial charge on any atom is -0.590 e. The Kier molecular flexibility index (Phi) is 17.3. The van der Waals surface area contributed by atoms with Gasteiger partial charge in [-0.1, -0.05) is 94.8 Å². The number of nitrogens with zero attached hydrogens (tertiary/aromatic N) is 1. The zero-order chi connectivity index (χ0) is 22.0. The second-order valence-corrected chi connectivity index (χ2v) is 11.0. The van der Waals surface area contributed by atoms with Crippen LogP contribution in [0.15, 0.2) is 12.2 Å². The predicted octanol–water partition coefficient (Wildman–Crippen LogP) is 7.72. The van der Waals surface area contributed by atoms with Crippen LogP contribution in [-0.4, -0.2) is 30.9 Å². The van der Waals surface area contributed by atoms with Crippen molar-refractivity contribution in [2.75, 3.05) is 21.1 Å². The van der Waals surface area contributed by atoms with Gasteiger partial charge in [-0.15, -0.1) is 0 Å². The molecule has 0 saturated carbocycles. The van der Waals surface area contributed by atoms with Crippen LogP contribution in [0.4, 0.5) is 0 Å². The van der Waals surface area contributed by atoms with E-state index in [-0.39, 0.29) is 0 Å². The molecule has 0 aromatic rings. The highest BCUT2D eigenvalue weighted by molar-refractivity contribution is 7.38. The van der Waals surface area contributed by atoms with Gasteiger partial charge < -0.3 is 4.89 Å². The van der Waals surface area contributed by atoms with Crippen LogP contribution in [0.3, 0.4) is 0 Å². The van der Waals surface area contributed by atoms with Gasteiger partial charge in [0, 0.05) is 12.8 Å². The van der Waals surface area contributed by atoms with E-state index < -0.39 is 13.3 Å². The van der Waals surface area contributed by atoms with Crippen molar-refractivity contribution >= 4 is 8.03 Å². The summed E-state index contributed by atoms with van der Waals surface area (Å²) in [6.07, 6.45) is 25.7. The molecule has 0 aromatic heterocycles. The lowest BCUT2D eigenvalue weighted by Gasteiger charge is -2.39. The number of hydrogen-bond acceptors (Lipinski definition) is 2. The molecule has 0 aromatic carbocycles. The van der Waals surface area contributed by atoms with Gasteiger partial charge in [-0.25, -0.2) is 0 Å². The van der Waals surface area contributed by atoms with Crippen LogP contribution in [0.5, 0.6) is 0 Å². The average Bonchev–Trinajstić information content (AvgIpc) is 2.66. The summed E-state index contributed by atoms with van der Waals surface area (Å²) in [6.45, 7) is 4.28. The Morgan fingerprint density at radius 1 is 0.724 bits per heavy atom. The van der Waals surface area contributed by atoms with Crippen LogP contribution < -0.4 is 4.89 Å². The van der Waals surface area contributed by atoms with Gasteiger partial charge in [-0.2, -0.15) is 0 Å². The second kappa shape index (κ2) is 17.4. The van der Waals surface area contributed by atoms with Gasteiger partial charge >= 0.3 is 8.03 Å². The van der Waals surface area contributed by atoms with Gasteiger partial charge in [0.2, 0.25) is 0 Å². The summed E-state index contributed by atoms with van der Waals surface area (Å²) >= 11 is 0. The molecule has 0 bridgehead atoms. The molecule has 0 fully saturated rings. The number of allylic oxidation sites excluding steroid dienone is 2. The van der Waals surface area contributed by atoms with Crippen molar-refractivity contribution in [1.29, 1.82) is 0 Å². The standard InChI is InChI=1S/C25H51NO2P/c1-6-8-9-10-11-12-13-14-15-16-17-18-19-20-21-22-23-24-25(7-2,29(27)28)26(3,4)5/h12-13H,6-11,14-24H2,1-5H3/q+1/b13-12-. The lowest BCUT2D eigenvalue weighted by molar-refractivity contribution is -0.910. The summed E-state index contributed by atoms with van der Waals surface area (Å²) in [5, 5.41) is -0.598. The first-order valence-corrected chi connectivity index (χ1v) is 13.6. The fourth-order valence-corrected chi connectivity index (χ4v) is 5.37. The minimum absolute atomic E-state index is 0.510. The first-order chi connectivity index (χ1) is 13.8. The van der Waals surface area contributed by atoms with Gasteiger partial charge in [0.25, 0.3) is 5.28 Å². The van der Waals surface area contributed by atoms with Crippen molar-refractivity contribution in [3.8, 4) is 0 Å². The molecule has 0 aliphatic heterocycles. The molecule has 0 rings (SSSR count). The Bertz CT molecular complexity index is 431. The van der Waals surface area contributed by atoms with E-state index in [4.69, 9.17) is 0 Å². The van der Waals surface area contributed by atoms with Crippen LogP contribution in [0.1, 0.15) is 123 Å². The summed E-state index contributed by atoms with van der Waals surface area (Å²) in [4.78, 5) is 11.9. The second-order valence-electron chi connectivity index (χ2n) is 9.65. The monoisotopic (exact) mass is 428 g/mol. The lowest BCUT2D eigenvalue weighted by atomic mass is 10.0. The molecule has 0 aliphatic carbocycles. The normalized spacial score (nSPS) is 15.0. The van der Waals surface area contributed by atoms with Crippen molar-refractivity contribution in [3.63, 3.8) is 0 Å². The third kappa shape index (κ3) is 12.9. The summed E-state index contributed by atoms with van der Waals surface area (Å²) in [5.74, 6) is 0. The van der Waals surface area contributed by atoms with Crippen molar-refractivity contribution in [2.45, 2.75) is 128 Å². The van der Waals surface area contributed by atoms with E-state index in [1.165, 1.54) is 83.5 Å². The van der Waals surface area contributed by atoms with Crippen molar-refractivity contribution < 1.29 is 13.9 Å². The zero-order valence-corrected chi connectivity index (χ0v) is 21.3. The predicted molar refractivity (Wildman–Crippen MR) is 127 cm³/mol. The molecule has 172 valence electrons. The summed E-state index contributed by atoms with van der Waals surface area (Å²) in [7, 11) is 3.62. The van der Waals surface area contributed by atoms with Crippen LogP contribution in [-0.2, 0) is 4.57 Å². The molecule has 2 atom stereocenters. The molecule has 0 aliphatic rings. The molecule has 0 N–H and O–H groups in total. The van der Waals surface area contributed by atoms with Crippen LogP contribution in [0.2, 0.25) is 0 Å². The number of hydrogen-bond donors (Lipinski definition) is 0. The van der Waals surface area contributed by atoms with Crippen molar-refractivity contribution in [3.05, 3.63) is 12.2 Å².